The van der Waals surface area contributed by atoms with Crippen LogP contribution in [0, 0.1) is 6.92 Å². The SMILES string of the molecule is CC(=O)c1ccc(NC(=O)c2ccc(SCc3csc(C)n3)cc2)cc1. The first kappa shape index (κ1) is 18.4. The largest absolute Gasteiger partial charge is 0.322 e. The smallest absolute Gasteiger partial charge is 0.255 e. The first-order chi connectivity index (χ1) is 12.5. The number of amides is 1. The Morgan fingerprint density at radius 3 is 2.27 bits per heavy atom. The topological polar surface area (TPSA) is 59.1 Å². The number of Topliss-reactive ketones (excluding diaryl/α,β-unsaturated/α-hetero) is 1. The highest BCUT2D eigenvalue weighted by molar-refractivity contribution is 7.98. The first-order valence-electron chi connectivity index (χ1n) is 8.07. The van der Waals surface area contributed by atoms with Gasteiger partial charge in [-0.15, -0.1) is 23.1 Å². The molecule has 1 amide bonds. The van der Waals surface area contributed by atoms with Crippen LogP contribution in [-0.4, -0.2) is 16.7 Å². The molecule has 3 rings (SSSR count). The molecule has 1 heterocycles. The van der Waals surface area contributed by atoms with Gasteiger partial charge >= 0.3 is 0 Å². The van der Waals surface area contributed by atoms with Crippen LogP contribution < -0.4 is 5.32 Å². The molecule has 26 heavy (non-hydrogen) atoms. The fourth-order valence-electron chi connectivity index (χ4n) is 2.33. The third-order valence-electron chi connectivity index (χ3n) is 3.72. The van der Waals surface area contributed by atoms with Crippen LogP contribution in [0.5, 0.6) is 0 Å². The number of rotatable bonds is 6. The summed E-state index contributed by atoms with van der Waals surface area (Å²) in [6.07, 6.45) is 0. The van der Waals surface area contributed by atoms with Crippen LogP contribution in [0.2, 0.25) is 0 Å². The maximum Gasteiger partial charge on any atom is 0.255 e. The molecule has 0 aliphatic heterocycles. The van der Waals surface area contributed by atoms with Crippen molar-refractivity contribution >= 4 is 40.5 Å². The number of nitrogens with one attached hydrogen (secondary N) is 1. The molecule has 6 heteroatoms. The van der Waals surface area contributed by atoms with E-state index in [2.05, 4.69) is 15.7 Å². The lowest BCUT2D eigenvalue weighted by molar-refractivity contribution is 0.101. The van der Waals surface area contributed by atoms with E-state index in [1.807, 2.05) is 31.2 Å². The second-order valence-corrected chi connectivity index (χ2v) is 7.87. The molecular formula is C20H18N2O2S2. The van der Waals surface area contributed by atoms with E-state index >= 15 is 0 Å². The number of nitrogens with zero attached hydrogens (tertiary/aromatic N) is 1. The van der Waals surface area contributed by atoms with Crippen LogP contribution in [0.1, 0.15) is 38.3 Å². The molecule has 0 aliphatic rings. The minimum atomic E-state index is -0.174. The number of thiazole rings is 1. The van der Waals surface area contributed by atoms with E-state index in [0.717, 1.165) is 21.3 Å². The first-order valence-corrected chi connectivity index (χ1v) is 9.94. The third-order valence-corrected chi connectivity index (χ3v) is 5.59. The molecule has 1 N–H and O–H groups in total. The molecule has 4 nitrogen and oxygen atoms in total. The quantitative estimate of drug-likeness (QED) is 0.470. The van der Waals surface area contributed by atoms with Crippen LogP contribution in [0.4, 0.5) is 5.69 Å². The van der Waals surface area contributed by atoms with E-state index < -0.39 is 0 Å². The second kappa shape index (κ2) is 8.29. The van der Waals surface area contributed by atoms with Crippen molar-refractivity contribution in [1.82, 2.24) is 4.98 Å². The highest BCUT2D eigenvalue weighted by atomic mass is 32.2. The Hall–Kier alpha value is -2.44. The van der Waals surface area contributed by atoms with E-state index in [9.17, 15) is 9.59 Å². The molecule has 0 unspecified atom stereocenters. The monoisotopic (exact) mass is 382 g/mol. The predicted molar refractivity (Wildman–Crippen MR) is 107 cm³/mol. The van der Waals surface area contributed by atoms with E-state index in [0.29, 0.717) is 16.8 Å². The van der Waals surface area contributed by atoms with Gasteiger partial charge in [-0.05, 0) is 62.4 Å². The molecule has 1 aromatic heterocycles. The van der Waals surface area contributed by atoms with Crippen LogP contribution in [0.15, 0.2) is 58.8 Å². The number of carbonyl (C=O) groups excluding carboxylic acids is 2. The molecule has 0 saturated carbocycles. The highest BCUT2D eigenvalue weighted by Gasteiger charge is 2.07. The minimum Gasteiger partial charge on any atom is -0.322 e. The van der Waals surface area contributed by atoms with Gasteiger partial charge in [0.25, 0.3) is 5.91 Å². The number of carbonyl (C=O) groups is 2. The van der Waals surface area contributed by atoms with Gasteiger partial charge in [-0.2, -0.15) is 0 Å². The molecule has 0 fully saturated rings. The van der Waals surface area contributed by atoms with E-state index in [4.69, 9.17) is 0 Å². The lowest BCUT2D eigenvalue weighted by Crippen LogP contribution is -2.11. The molecule has 0 aliphatic carbocycles. The number of anilines is 1. The Balaban J connectivity index is 1.58. The van der Waals surface area contributed by atoms with Gasteiger partial charge < -0.3 is 5.32 Å². The van der Waals surface area contributed by atoms with Crippen molar-refractivity contribution in [3.63, 3.8) is 0 Å². The minimum absolute atomic E-state index is 0.00350. The summed E-state index contributed by atoms with van der Waals surface area (Å²) >= 11 is 3.35. The highest BCUT2D eigenvalue weighted by Crippen LogP contribution is 2.24. The predicted octanol–water partition coefficient (Wildman–Crippen LogP) is 5.20. The summed E-state index contributed by atoms with van der Waals surface area (Å²) in [4.78, 5) is 29.2. The Labute approximate surface area is 160 Å². The molecule has 3 aromatic rings. The number of aryl methyl sites for hydroxylation is 1. The summed E-state index contributed by atoms with van der Waals surface area (Å²) in [7, 11) is 0. The number of ketones is 1. The lowest BCUT2D eigenvalue weighted by Gasteiger charge is -2.07. The Kier molecular flexibility index (Phi) is 5.85. The van der Waals surface area contributed by atoms with Crippen molar-refractivity contribution in [2.75, 3.05) is 5.32 Å². The Bertz CT molecular complexity index is 916. The van der Waals surface area contributed by atoms with Crippen molar-refractivity contribution in [3.05, 3.63) is 75.7 Å². The summed E-state index contributed by atoms with van der Waals surface area (Å²) in [5.74, 6) is 0.647. The van der Waals surface area contributed by atoms with Crippen molar-refractivity contribution in [3.8, 4) is 0 Å². The van der Waals surface area contributed by atoms with Crippen LogP contribution in [0.3, 0.4) is 0 Å². The van der Waals surface area contributed by atoms with E-state index in [-0.39, 0.29) is 11.7 Å². The normalized spacial score (nSPS) is 10.5. The molecule has 0 atom stereocenters. The maximum absolute atomic E-state index is 12.3. The molecule has 0 bridgehead atoms. The molecule has 2 aromatic carbocycles. The van der Waals surface area contributed by atoms with Gasteiger partial charge in [-0.25, -0.2) is 4.98 Å². The van der Waals surface area contributed by atoms with Gasteiger partial charge in [0.2, 0.25) is 0 Å². The molecule has 132 valence electrons. The van der Waals surface area contributed by atoms with Crippen LogP contribution in [0.25, 0.3) is 0 Å². The van der Waals surface area contributed by atoms with E-state index in [1.165, 1.54) is 6.92 Å². The summed E-state index contributed by atoms with van der Waals surface area (Å²) in [5.41, 5.74) is 2.96. The molecule has 0 spiro atoms. The fourth-order valence-corrected chi connectivity index (χ4v) is 3.83. The second-order valence-electron chi connectivity index (χ2n) is 5.76. The van der Waals surface area contributed by atoms with Gasteiger partial charge in [0.15, 0.2) is 5.78 Å². The number of hydrogen-bond acceptors (Lipinski definition) is 5. The average Bonchev–Trinajstić information content (AvgIpc) is 3.06. The average molecular weight is 383 g/mol. The maximum atomic E-state index is 12.3. The van der Waals surface area contributed by atoms with Gasteiger partial charge in [-0.3, -0.25) is 9.59 Å². The standard InChI is InChI=1S/C20H18N2O2S2/c1-13(23)15-3-7-17(8-4-15)22-20(24)16-5-9-19(10-6-16)26-12-18-11-25-14(2)21-18/h3-11H,12H2,1-2H3,(H,22,24). The number of thioether (sulfide) groups is 1. The Morgan fingerprint density at radius 2 is 1.69 bits per heavy atom. The Morgan fingerprint density at radius 1 is 1.04 bits per heavy atom. The zero-order valence-electron chi connectivity index (χ0n) is 14.5. The molecule has 0 saturated heterocycles. The summed E-state index contributed by atoms with van der Waals surface area (Å²) in [5, 5.41) is 5.98. The molecular weight excluding hydrogens is 364 g/mol. The van der Waals surface area contributed by atoms with Gasteiger partial charge in [0, 0.05) is 32.8 Å². The zero-order chi connectivity index (χ0) is 18.5. The van der Waals surface area contributed by atoms with Crippen LogP contribution >= 0.6 is 23.1 Å². The number of benzene rings is 2. The van der Waals surface area contributed by atoms with E-state index in [1.54, 1.807) is 47.4 Å². The van der Waals surface area contributed by atoms with Gasteiger partial charge in [0.05, 0.1) is 10.7 Å². The summed E-state index contributed by atoms with van der Waals surface area (Å²) < 4.78 is 0. The lowest BCUT2D eigenvalue weighted by atomic mass is 10.1. The molecule has 0 radical (unpaired) electrons. The summed E-state index contributed by atoms with van der Waals surface area (Å²) in [6, 6.07) is 14.4. The number of hydrogen-bond donors (Lipinski definition) is 1. The van der Waals surface area contributed by atoms with Crippen molar-refractivity contribution in [2.45, 2.75) is 24.5 Å². The van der Waals surface area contributed by atoms with Gasteiger partial charge in [0.1, 0.15) is 0 Å². The summed E-state index contributed by atoms with van der Waals surface area (Å²) in [6.45, 7) is 3.52. The zero-order valence-corrected chi connectivity index (χ0v) is 16.1. The third kappa shape index (κ3) is 4.80. The van der Waals surface area contributed by atoms with Gasteiger partial charge in [-0.1, -0.05) is 0 Å². The van der Waals surface area contributed by atoms with Crippen molar-refractivity contribution in [2.24, 2.45) is 0 Å². The number of aromatic nitrogens is 1. The van der Waals surface area contributed by atoms with Crippen molar-refractivity contribution < 1.29 is 9.59 Å². The van der Waals surface area contributed by atoms with Crippen LogP contribution in [-0.2, 0) is 5.75 Å². The van der Waals surface area contributed by atoms with Crippen molar-refractivity contribution in [1.29, 1.82) is 0 Å². The fraction of sp³-hybridized carbons (Fsp3) is 0.150.